The Bertz CT molecular complexity index is 1030. The van der Waals surface area contributed by atoms with E-state index in [1.165, 1.54) is 4.90 Å². The van der Waals surface area contributed by atoms with E-state index in [9.17, 15) is 9.59 Å². The Balaban J connectivity index is 1.15. The Morgan fingerprint density at radius 3 is 2.64 bits per heavy atom. The summed E-state index contributed by atoms with van der Waals surface area (Å²) in [5.41, 5.74) is 1.41. The van der Waals surface area contributed by atoms with Gasteiger partial charge >= 0.3 is 6.03 Å². The van der Waals surface area contributed by atoms with E-state index < -0.39 is 5.54 Å². The Labute approximate surface area is 194 Å². The third-order valence-corrected chi connectivity index (χ3v) is 7.52. The number of nitrogens with one attached hydrogen (secondary N) is 1. The number of aromatic nitrogens is 2. The van der Waals surface area contributed by atoms with Crippen LogP contribution in [-0.2, 0) is 11.3 Å². The number of imide groups is 1. The van der Waals surface area contributed by atoms with Crippen LogP contribution in [0.25, 0.3) is 11.4 Å². The second-order valence-corrected chi connectivity index (χ2v) is 9.64. The minimum absolute atomic E-state index is 0.0447. The van der Waals surface area contributed by atoms with Crippen molar-refractivity contribution in [2.75, 3.05) is 32.8 Å². The van der Waals surface area contributed by atoms with Crippen molar-refractivity contribution in [1.82, 2.24) is 30.2 Å². The number of hydrogen-bond donors (Lipinski definition) is 1. The van der Waals surface area contributed by atoms with Gasteiger partial charge in [0.1, 0.15) is 5.54 Å². The maximum absolute atomic E-state index is 13.2. The monoisotopic (exact) mass is 452 g/mol. The molecule has 176 valence electrons. The summed E-state index contributed by atoms with van der Waals surface area (Å²) in [5, 5.41) is 7.19. The lowest BCUT2D eigenvalue weighted by atomic mass is 9.73. The number of piperazine rings is 1. The summed E-state index contributed by atoms with van der Waals surface area (Å²) in [7, 11) is 0. The molecule has 0 unspecified atom stereocenters. The van der Waals surface area contributed by atoms with E-state index in [0.717, 1.165) is 63.0 Å². The van der Waals surface area contributed by atoms with Crippen molar-refractivity contribution >= 4 is 11.9 Å². The second-order valence-electron chi connectivity index (χ2n) is 9.64. The predicted octanol–water partition coefficient (Wildman–Crippen LogP) is 2.62. The number of hydrogen-bond acceptors (Lipinski definition) is 7. The van der Waals surface area contributed by atoms with Gasteiger partial charge in [-0.05, 0) is 31.2 Å². The van der Waals surface area contributed by atoms with Crippen LogP contribution in [0.15, 0.2) is 28.8 Å². The summed E-state index contributed by atoms with van der Waals surface area (Å²) in [6, 6.07) is 7.75. The normalized spacial score (nSPS) is 26.8. The van der Waals surface area contributed by atoms with Crippen molar-refractivity contribution < 1.29 is 14.1 Å². The van der Waals surface area contributed by atoms with Crippen molar-refractivity contribution in [3.8, 4) is 11.4 Å². The van der Waals surface area contributed by atoms with E-state index in [2.05, 4.69) is 32.2 Å². The Kier molecular flexibility index (Phi) is 5.92. The summed E-state index contributed by atoms with van der Waals surface area (Å²) in [6.07, 6.45) is 3.85. The quantitative estimate of drug-likeness (QED) is 0.697. The molecular weight excluding hydrogens is 420 g/mol. The Hall–Kier alpha value is -2.78. The topological polar surface area (TPSA) is 94.8 Å². The SMILES string of the molecule is Cc1ccccc1-c1noc(CN2CCN(CN3C(=O)N[C@@]4(CCCC[C@@H]4C)C3=O)CC2)n1. The molecule has 1 aliphatic carbocycles. The average molecular weight is 453 g/mol. The maximum atomic E-state index is 13.2. The minimum atomic E-state index is -0.691. The van der Waals surface area contributed by atoms with Crippen LogP contribution in [0, 0.1) is 12.8 Å². The predicted molar refractivity (Wildman–Crippen MR) is 122 cm³/mol. The van der Waals surface area contributed by atoms with Crippen molar-refractivity contribution in [3.05, 3.63) is 35.7 Å². The third-order valence-electron chi connectivity index (χ3n) is 7.52. The van der Waals surface area contributed by atoms with E-state index in [1.54, 1.807) is 0 Å². The highest BCUT2D eigenvalue weighted by Crippen LogP contribution is 2.38. The molecule has 2 atom stereocenters. The first-order chi connectivity index (χ1) is 16.0. The molecule has 0 bridgehead atoms. The van der Waals surface area contributed by atoms with E-state index in [1.807, 2.05) is 31.2 Å². The smallest absolute Gasteiger partial charge is 0.326 e. The van der Waals surface area contributed by atoms with Crippen LogP contribution in [0.1, 0.15) is 44.1 Å². The third kappa shape index (κ3) is 4.15. The molecule has 3 fully saturated rings. The summed E-state index contributed by atoms with van der Waals surface area (Å²) < 4.78 is 5.49. The van der Waals surface area contributed by atoms with Gasteiger partial charge in [-0.25, -0.2) is 9.69 Å². The van der Waals surface area contributed by atoms with Crippen molar-refractivity contribution in [3.63, 3.8) is 0 Å². The van der Waals surface area contributed by atoms with Crippen molar-refractivity contribution in [2.45, 2.75) is 51.6 Å². The molecule has 9 nitrogen and oxygen atoms in total. The van der Waals surface area contributed by atoms with Gasteiger partial charge < -0.3 is 9.84 Å². The Morgan fingerprint density at radius 1 is 1.12 bits per heavy atom. The molecule has 1 aromatic carbocycles. The zero-order valence-corrected chi connectivity index (χ0v) is 19.4. The summed E-state index contributed by atoms with van der Waals surface area (Å²) in [5.74, 6) is 1.36. The molecule has 2 aromatic rings. The van der Waals surface area contributed by atoms with Crippen molar-refractivity contribution in [2.24, 2.45) is 5.92 Å². The fourth-order valence-electron chi connectivity index (χ4n) is 5.36. The van der Waals surface area contributed by atoms with Gasteiger partial charge in [0.2, 0.25) is 11.7 Å². The second kappa shape index (κ2) is 8.87. The molecule has 3 aliphatic rings. The van der Waals surface area contributed by atoms with Crippen LogP contribution in [0.4, 0.5) is 4.79 Å². The van der Waals surface area contributed by atoms with Gasteiger partial charge in [0.05, 0.1) is 13.2 Å². The van der Waals surface area contributed by atoms with Crippen molar-refractivity contribution in [1.29, 1.82) is 0 Å². The van der Waals surface area contributed by atoms with E-state index in [0.29, 0.717) is 24.9 Å². The fraction of sp³-hybridized carbons (Fsp3) is 0.583. The molecular formula is C24H32N6O3. The number of carbonyl (C=O) groups is 2. The van der Waals surface area contributed by atoms with E-state index in [-0.39, 0.29) is 17.9 Å². The molecule has 3 amide bonds. The first kappa shape index (κ1) is 22.0. The van der Waals surface area contributed by atoms with Gasteiger partial charge in [-0.2, -0.15) is 4.98 Å². The summed E-state index contributed by atoms with van der Waals surface area (Å²) in [4.78, 5) is 36.3. The highest BCUT2D eigenvalue weighted by molar-refractivity contribution is 6.07. The van der Waals surface area contributed by atoms with Crippen LogP contribution in [0.3, 0.4) is 0 Å². The zero-order chi connectivity index (χ0) is 23.0. The number of nitrogens with zero attached hydrogens (tertiary/aromatic N) is 5. The lowest BCUT2D eigenvalue weighted by Gasteiger charge is -2.38. The summed E-state index contributed by atoms with van der Waals surface area (Å²) in [6.45, 7) is 8.24. The maximum Gasteiger partial charge on any atom is 0.326 e. The first-order valence-electron chi connectivity index (χ1n) is 11.9. The van der Waals surface area contributed by atoms with Gasteiger partial charge in [-0.3, -0.25) is 14.6 Å². The van der Waals surface area contributed by atoms with Crippen LogP contribution in [0.2, 0.25) is 0 Å². The van der Waals surface area contributed by atoms with Crippen LogP contribution in [-0.4, -0.2) is 75.2 Å². The molecule has 2 aliphatic heterocycles. The van der Waals surface area contributed by atoms with Gasteiger partial charge in [-0.15, -0.1) is 0 Å². The number of carbonyl (C=O) groups excluding carboxylic acids is 2. The largest absolute Gasteiger partial charge is 0.338 e. The molecule has 2 saturated heterocycles. The molecule has 9 heteroatoms. The number of amides is 3. The molecule has 1 saturated carbocycles. The lowest BCUT2D eigenvalue weighted by molar-refractivity contribution is -0.136. The fourth-order valence-corrected chi connectivity index (χ4v) is 5.36. The van der Waals surface area contributed by atoms with Crippen LogP contribution < -0.4 is 5.32 Å². The molecule has 0 radical (unpaired) electrons. The minimum Gasteiger partial charge on any atom is -0.338 e. The van der Waals surface area contributed by atoms with Gasteiger partial charge in [0, 0.05) is 31.7 Å². The first-order valence-corrected chi connectivity index (χ1v) is 11.9. The van der Waals surface area contributed by atoms with Gasteiger partial charge in [-0.1, -0.05) is 49.2 Å². The zero-order valence-electron chi connectivity index (χ0n) is 19.4. The molecule has 1 aromatic heterocycles. The molecule has 1 spiro atoms. The molecule has 1 N–H and O–H groups in total. The lowest BCUT2D eigenvalue weighted by Crippen LogP contribution is -2.55. The summed E-state index contributed by atoms with van der Waals surface area (Å²) >= 11 is 0. The average Bonchev–Trinajstić information content (AvgIpc) is 3.36. The van der Waals surface area contributed by atoms with Gasteiger partial charge in [0.15, 0.2) is 0 Å². The number of aryl methyl sites for hydroxylation is 1. The Morgan fingerprint density at radius 2 is 1.88 bits per heavy atom. The highest BCUT2D eigenvalue weighted by atomic mass is 16.5. The van der Waals surface area contributed by atoms with Crippen LogP contribution in [0.5, 0.6) is 0 Å². The highest BCUT2D eigenvalue weighted by Gasteiger charge is 2.55. The number of urea groups is 1. The molecule has 3 heterocycles. The number of rotatable bonds is 5. The van der Waals surface area contributed by atoms with E-state index >= 15 is 0 Å². The standard InChI is InChI=1S/C24H32N6O3/c1-17-7-3-4-9-19(17)21-25-20(33-27-21)15-28-11-13-29(14-12-28)16-30-22(31)24(26-23(30)32)10-6-5-8-18(24)2/h3-4,7,9,18H,5-6,8,10-16H2,1-2H3,(H,26,32)/t18-,24+/m0/s1. The number of benzene rings is 1. The van der Waals surface area contributed by atoms with E-state index in [4.69, 9.17) is 4.52 Å². The molecule has 5 rings (SSSR count). The van der Waals surface area contributed by atoms with Crippen LogP contribution >= 0.6 is 0 Å². The molecule has 33 heavy (non-hydrogen) atoms. The van der Waals surface area contributed by atoms with Gasteiger partial charge in [0.25, 0.3) is 5.91 Å².